The Balaban J connectivity index is 0.000000206. The third kappa shape index (κ3) is 15.8. The number of hydrogen-bond donors (Lipinski definition) is 1. The molecule has 4 amide bonds. The first kappa shape index (κ1) is 62.3. The molecule has 0 aliphatic carbocycles. The summed E-state index contributed by atoms with van der Waals surface area (Å²) < 4.78 is 26.3. The minimum atomic E-state index is -0.611. The van der Waals surface area contributed by atoms with Gasteiger partial charge in [0, 0.05) is 97.0 Å². The summed E-state index contributed by atoms with van der Waals surface area (Å²) >= 11 is 0. The Kier molecular flexibility index (Phi) is 20.5. The van der Waals surface area contributed by atoms with Crippen LogP contribution >= 0.6 is 0 Å². The Labute approximate surface area is 508 Å². The molecular formula is C72H86N6O8. The van der Waals surface area contributed by atoms with Gasteiger partial charge >= 0.3 is 12.2 Å². The number of carbonyl (C=O) groups excluding carboxylic acids is 4. The number of hydrogen-bond acceptors (Lipinski definition) is 8. The quantitative estimate of drug-likeness (QED) is 0.0890. The lowest BCUT2D eigenvalue weighted by Crippen LogP contribution is -2.50. The summed E-state index contributed by atoms with van der Waals surface area (Å²) in [5.41, 5.74) is 9.27. The molecule has 86 heavy (non-hydrogen) atoms. The van der Waals surface area contributed by atoms with Crippen LogP contribution < -0.4 is 10.2 Å². The van der Waals surface area contributed by atoms with Gasteiger partial charge in [-0.3, -0.25) is 9.59 Å². The number of nitrogens with one attached hydrogen (secondary N) is 1. The van der Waals surface area contributed by atoms with E-state index >= 15 is 0 Å². The van der Waals surface area contributed by atoms with Gasteiger partial charge in [0.1, 0.15) is 11.2 Å². The second-order valence-electron chi connectivity index (χ2n) is 24.6. The highest BCUT2D eigenvalue weighted by atomic mass is 16.6. The standard InChI is InChI=1S/C37H45N3O4.C35H41N3O4/c1-6-40(31-17-16-28-18-21-38(34(28)25-31)20-11-23-43-5)35(41)33-26-39(36(42)44-37(2,3)4)22-19-32(33)30-15-10-14-29(24-30)27-12-8-7-9-13-27;1-35(2,3)42-34(40)38-20-17-30(28-13-8-12-27(22-28)25-10-6-5-7-11-25)31(24-38)33(39)36-29-15-14-26-16-19-37(32(26)23-29)18-9-21-41-4/h7-10,12-18,21,24-25,32-33H,6,11,19-20,22-23,26H2,1-5H3;5-8,10-16,19,22-23,30-31H,9,17-18,20-21,24H2,1-4H3,(H,36,39)/t32-,33+;30-,31+/m11/s1. The van der Waals surface area contributed by atoms with Crippen LogP contribution in [0.1, 0.15) is 97.1 Å². The molecule has 2 aromatic heterocycles. The van der Waals surface area contributed by atoms with Crippen molar-refractivity contribution in [2.24, 2.45) is 11.8 Å². The lowest BCUT2D eigenvalue weighted by Gasteiger charge is -2.40. The summed E-state index contributed by atoms with van der Waals surface area (Å²) in [5.74, 6) is -1.04. The maximum absolute atomic E-state index is 14.6. The number of piperidine rings is 2. The predicted molar refractivity (Wildman–Crippen MR) is 345 cm³/mol. The lowest BCUT2D eigenvalue weighted by molar-refractivity contribution is -0.124. The fourth-order valence-electron chi connectivity index (χ4n) is 12.0. The molecule has 0 bridgehead atoms. The fourth-order valence-corrected chi connectivity index (χ4v) is 12.0. The molecule has 0 unspecified atom stereocenters. The van der Waals surface area contributed by atoms with Crippen molar-refractivity contribution in [1.29, 1.82) is 0 Å². The second kappa shape index (κ2) is 28.3. The molecule has 14 heteroatoms. The van der Waals surface area contributed by atoms with E-state index in [1.807, 2.05) is 114 Å². The molecule has 452 valence electrons. The monoisotopic (exact) mass is 1160 g/mol. The molecule has 2 saturated heterocycles. The van der Waals surface area contributed by atoms with E-state index in [0.717, 1.165) is 92.5 Å². The van der Waals surface area contributed by atoms with Crippen molar-refractivity contribution in [2.45, 2.75) is 110 Å². The van der Waals surface area contributed by atoms with Crippen LogP contribution in [-0.2, 0) is 41.6 Å². The van der Waals surface area contributed by atoms with Crippen molar-refractivity contribution in [1.82, 2.24) is 18.9 Å². The number of methoxy groups -OCH3 is 2. The molecule has 0 spiro atoms. The number of amides is 4. The first-order valence-electron chi connectivity index (χ1n) is 30.4. The molecule has 10 rings (SSSR count). The highest BCUT2D eigenvalue weighted by molar-refractivity contribution is 5.99. The van der Waals surface area contributed by atoms with Gasteiger partial charge in [0.15, 0.2) is 0 Å². The molecule has 4 atom stereocenters. The highest BCUT2D eigenvalue weighted by Gasteiger charge is 2.41. The summed E-state index contributed by atoms with van der Waals surface area (Å²) in [5, 5.41) is 5.44. The number of nitrogens with zero attached hydrogens (tertiary/aromatic N) is 5. The molecular weight excluding hydrogens is 1080 g/mol. The van der Waals surface area contributed by atoms with Gasteiger partial charge in [0.2, 0.25) is 11.8 Å². The number of fused-ring (bicyclic) bond motifs is 2. The first-order chi connectivity index (χ1) is 41.4. The molecule has 8 aromatic rings. The average Bonchev–Trinajstić information content (AvgIpc) is 4.11. The molecule has 2 fully saturated rings. The van der Waals surface area contributed by atoms with Gasteiger partial charge in [0.05, 0.1) is 22.9 Å². The topological polar surface area (TPSA) is 137 Å². The Hall–Kier alpha value is -8.20. The van der Waals surface area contributed by atoms with E-state index in [0.29, 0.717) is 52.2 Å². The minimum absolute atomic E-state index is 0.0210. The van der Waals surface area contributed by atoms with E-state index in [1.165, 1.54) is 0 Å². The zero-order valence-electron chi connectivity index (χ0n) is 51.7. The molecule has 0 radical (unpaired) electrons. The van der Waals surface area contributed by atoms with Crippen LogP contribution in [0.15, 0.2) is 170 Å². The number of aromatic nitrogens is 2. The number of benzene rings is 6. The van der Waals surface area contributed by atoms with E-state index in [1.54, 1.807) is 24.0 Å². The highest BCUT2D eigenvalue weighted by Crippen LogP contribution is 2.40. The zero-order valence-corrected chi connectivity index (χ0v) is 51.7. The van der Waals surface area contributed by atoms with Gasteiger partial charge in [0.25, 0.3) is 0 Å². The SMILES string of the molecule is CCN(C(=O)[C@H]1CN(C(=O)OC(C)(C)C)CC[C@@H]1c1cccc(-c2ccccc2)c1)c1ccc2ccn(CCCOC)c2c1.COCCCn1ccc2ccc(NC(=O)[C@H]3CN(C(=O)OC(C)(C)C)CC[C@@H]3c3cccc(-c4ccccc4)c3)cc21. The van der Waals surface area contributed by atoms with Crippen molar-refractivity contribution in [3.8, 4) is 22.3 Å². The van der Waals surface area contributed by atoms with Crippen molar-refractivity contribution in [3.05, 3.63) is 181 Å². The third-order valence-electron chi connectivity index (χ3n) is 16.2. The molecule has 0 saturated carbocycles. The van der Waals surface area contributed by atoms with Crippen molar-refractivity contribution in [2.75, 3.05) is 70.4 Å². The Morgan fingerprint density at radius 3 is 1.49 bits per heavy atom. The van der Waals surface area contributed by atoms with Crippen LogP contribution in [0.4, 0.5) is 21.0 Å². The third-order valence-corrected chi connectivity index (χ3v) is 16.2. The van der Waals surface area contributed by atoms with E-state index in [4.69, 9.17) is 18.9 Å². The second-order valence-corrected chi connectivity index (χ2v) is 24.6. The summed E-state index contributed by atoms with van der Waals surface area (Å²) in [6.45, 7) is 18.4. The van der Waals surface area contributed by atoms with Gasteiger partial charge in [-0.1, -0.05) is 121 Å². The number of rotatable bonds is 17. The number of aryl methyl sites for hydroxylation is 2. The van der Waals surface area contributed by atoms with Gasteiger partial charge in [-0.25, -0.2) is 9.59 Å². The summed E-state index contributed by atoms with van der Waals surface area (Å²) in [4.78, 5) is 60.1. The average molecular weight is 1160 g/mol. The summed E-state index contributed by atoms with van der Waals surface area (Å²) in [7, 11) is 3.43. The Morgan fingerprint density at radius 1 is 0.535 bits per heavy atom. The van der Waals surface area contributed by atoms with Gasteiger partial charge < -0.3 is 48.1 Å². The van der Waals surface area contributed by atoms with E-state index in [9.17, 15) is 19.2 Å². The lowest BCUT2D eigenvalue weighted by atomic mass is 9.79. The Morgan fingerprint density at radius 2 is 1.00 bits per heavy atom. The van der Waals surface area contributed by atoms with Gasteiger partial charge in [-0.2, -0.15) is 0 Å². The van der Waals surface area contributed by atoms with Crippen LogP contribution in [-0.4, -0.2) is 114 Å². The van der Waals surface area contributed by atoms with Gasteiger partial charge in [-0.05, 0) is 167 Å². The molecule has 4 heterocycles. The van der Waals surface area contributed by atoms with E-state index in [2.05, 4.69) is 124 Å². The maximum atomic E-state index is 14.6. The number of anilines is 2. The normalized spacial score (nSPS) is 17.2. The largest absolute Gasteiger partial charge is 0.444 e. The molecule has 2 aliphatic heterocycles. The molecule has 14 nitrogen and oxygen atoms in total. The Bertz CT molecular complexity index is 3560. The smallest absolute Gasteiger partial charge is 0.410 e. The van der Waals surface area contributed by atoms with Crippen molar-refractivity contribution < 1.29 is 38.1 Å². The van der Waals surface area contributed by atoms with Crippen LogP contribution in [0.3, 0.4) is 0 Å². The van der Waals surface area contributed by atoms with Crippen LogP contribution in [0.25, 0.3) is 44.1 Å². The van der Waals surface area contributed by atoms with Gasteiger partial charge in [-0.15, -0.1) is 0 Å². The summed E-state index contributed by atoms with van der Waals surface area (Å²) in [6.07, 6.45) is 6.57. The predicted octanol–water partition coefficient (Wildman–Crippen LogP) is 15.1. The number of carbonyl (C=O) groups is 4. The van der Waals surface area contributed by atoms with Crippen LogP contribution in [0, 0.1) is 11.8 Å². The molecule has 1 N–H and O–H groups in total. The van der Waals surface area contributed by atoms with Crippen LogP contribution in [0.2, 0.25) is 0 Å². The molecule has 6 aromatic carbocycles. The first-order valence-corrected chi connectivity index (χ1v) is 30.4. The van der Waals surface area contributed by atoms with Crippen molar-refractivity contribution in [3.63, 3.8) is 0 Å². The fraction of sp³-hybridized carbons (Fsp3) is 0.389. The van der Waals surface area contributed by atoms with Crippen LogP contribution in [0.5, 0.6) is 0 Å². The number of likely N-dealkylation sites (tertiary alicyclic amines) is 2. The van der Waals surface area contributed by atoms with E-state index in [-0.39, 0.29) is 42.4 Å². The maximum Gasteiger partial charge on any atom is 0.410 e. The number of ether oxygens (including phenoxy) is 4. The molecule has 2 aliphatic rings. The van der Waals surface area contributed by atoms with Crippen molar-refractivity contribution >= 4 is 57.2 Å². The minimum Gasteiger partial charge on any atom is -0.444 e. The zero-order chi connectivity index (χ0) is 61.0. The van der Waals surface area contributed by atoms with E-state index < -0.39 is 23.0 Å². The summed E-state index contributed by atoms with van der Waals surface area (Å²) in [6, 6.07) is 53.9.